The van der Waals surface area contributed by atoms with Gasteiger partial charge in [-0.2, -0.15) is 0 Å². The second kappa shape index (κ2) is 3.67. The first-order valence-electron chi connectivity index (χ1n) is 6.02. The van der Waals surface area contributed by atoms with Crippen molar-refractivity contribution < 1.29 is 4.74 Å². The molecule has 0 aromatic heterocycles. The Hall–Kier alpha value is -1.22. The normalized spacial score (nSPS) is 29.1. The van der Waals surface area contributed by atoms with Crippen molar-refractivity contribution in [2.75, 3.05) is 30.3 Å². The summed E-state index contributed by atoms with van der Waals surface area (Å²) in [5, 5.41) is 0. The second-order valence-corrected chi connectivity index (χ2v) is 4.90. The number of piperidine rings is 1. The third-order valence-electron chi connectivity index (χ3n) is 3.76. The molecule has 3 nitrogen and oxygen atoms in total. The summed E-state index contributed by atoms with van der Waals surface area (Å²) < 4.78 is 5.77. The van der Waals surface area contributed by atoms with E-state index in [9.17, 15) is 0 Å². The van der Waals surface area contributed by atoms with Crippen LogP contribution in [-0.2, 0) is 4.74 Å². The molecular weight excluding hydrogens is 200 g/mol. The Labute approximate surface area is 96.2 Å². The topological polar surface area (TPSA) is 38.5 Å². The molecule has 2 aliphatic heterocycles. The summed E-state index contributed by atoms with van der Waals surface area (Å²) >= 11 is 0. The quantitative estimate of drug-likeness (QED) is 0.733. The van der Waals surface area contributed by atoms with Crippen molar-refractivity contribution in [3.63, 3.8) is 0 Å². The molecule has 0 aliphatic carbocycles. The van der Waals surface area contributed by atoms with Crippen LogP contribution < -0.4 is 10.6 Å². The van der Waals surface area contributed by atoms with Crippen LogP contribution in [0.4, 0.5) is 11.4 Å². The third-order valence-corrected chi connectivity index (χ3v) is 3.76. The number of anilines is 2. The zero-order chi connectivity index (χ0) is 11.0. The van der Waals surface area contributed by atoms with Crippen LogP contribution in [0.2, 0.25) is 0 Å². The molecule has 0 saturated carbocycles. The molecule has 2 fully saturated rings. The minimum Gasteiger partial charge on any atom is -0.399 e. The Kier molecular flexibility index (Phi) is 2.28. The summed E-state index contributed by atoms with van der Waals surface area (Å²) in [5.41, 5.74) is 7.97. The number of ether oxygens (including phenoxy) is 1. The lowest BCUT2D eigenvalue weighted by Crippen LogP contribution is -2.56. The van der Waals surface area contributed by atoms with Crippen molar-refractivity contribution in [1.29, 1.82) is 0 Å². The predicted octanol–water partition coefficient (Wildman–Crippen LogP) is 2.03. The van der Waals surface area contributed by atoms with Gasteiger partial charge in [0, 0.05) is 30.9 Å². The zero-order valence-corrected chi connectivity index (χ0v) is 9.48. The number of hydrogen-bond donors (Lipinski definition) is 1. The van der Waals surface area contributed by atoms with Gasteiger partial charge in [-0.3, -0.25) is 0 Å². The van der Waals surface area contributed by atoms with Gasteiger partial charge in [0.05, 0.1) is 12.2 Å². The first-order chi connectivity index (χ1) is 7.77. The van der Waals surface area contributed by atoms with Crippen LogP contribution in [0.1, 0.15) is 19.3 Å². The number of rotatable bonds is 1. The molecule has 3 rings (SSSR count). The molecule has 0 radical (unpaired) electrons. The van der Waals surface area contributed by atoms with Crippen molar-refractivity contribution in [2.24, 2.45) is 0 Å². The third kappa shape index (κ3) is 1.65. The highest BCUT2D eigenvalue weighted by Gasteiger charge is 2.41. The molecule has 2 saturated heterocycles. The Morgan fingerprint density at radius 1 is 1.19 bits per heavy atom. The fourth-order valence-corrected chi connectivity index (χ4v) is 2.72. The highest BCUT2D eigenvalue weighted by atomic mass is 16.5. The minimum absolute atomic E-state index is 0.166. The Bertz CT molecular complexity index is 370. The van der Waals surface area contributed by atoms with Crippen molar-refractivity contribution >= 4 is 11.4 Å². The van der Waals surface area contributed by atoms with Gasteiger partial charge < -0.3 is 15.4 Å². The lowest BCUT2D eigenvalue weighted by Gasteiger charge is -2.49. The van der Waals surface area contributed by atoms with E-state index in [2.05, 4.69) is 17.0 Å². The van der Waals surface area contributed by atoms with Gasteiger partial charge in [-0.1, -0.05) is 0 Å². The van der Waals surface area contributed by atoms with Crippen molar-refractivity contribution in [1.82, 2.24) is 0 Å². The van der Waals surface area contributed by atoms with E-state index in [4.69, 9.17) is 10.5 Å². The molecular formula is C13H18N2O. The molecule has 2 N–H and O–H groups in total. The number of nitrogen functional groups attached to an aromatic ring is 1. The highest BCUT2D eigenvalue weighted by molar-refractivity contribution is 5.53. The van der Waals surface area contributed by atoms with Crippen molar-refractivity contribution in [3.05, 3.63) is 24.3 Å². The molecule has 1 atom stereocenters. The number of hydrogen-bond acceptors (Lipinski definition) is 3. The van der Waals surface area contributed by atoms with Crippen LogP contribution in [0.3, 0.4) is 0 Å². The first kappa shape index (κ1) is 9.97. The van der Waals surface area contributed by atoms with Crippen LogP contribution in [0, 0.1) is 0 Å². The van der Waals surface area contributed by atoms with Crippen LogP contribution >= 0.6 is 0 Å². The summed E-state index contributed by atoms with van der Waals surface area (Å²) in [4.78, 5) is 2.42. The Morgan fingerprint density at radius 2 is 1.94 bits per heavy atom. The molecule has 2 aliphatic rings. The van der Waals surface area contributed by atoms with E-state index in [1.54, 1.807) is 0 Å². The molecule has 1 spiro atoms. The zero-order valence-electron chi connectivity index (χ0n) is 9.48. The standard InChI is InChI=1S/C13H18N2O/c14-11-2-4-12(5-3-11)15-8-1-6-13(10-15)7-9-16-13/h2-5H,1,6-10,14H2/t13-/m0/s1. The SMILES string of the molecule is Nc1ccc(N2CCC[C@]3(CCO3)C2)cc1. The molecule has 3 heteroatoms. The molecule has 2 heterocycles. The number of benzene rings is 1. The highest BCUT2D eigenvalue weighted by Crippen LogP contribution is 2.37. The monoisotopic (exact) mass is 218 g/mol. The van der Waals surface area contributed by atoms with E-state index in [-0.39, 0.29) is 5.60 Å². The maximum absolute atomic E-state index is 5.77. The summed E-state index contributed by atoms with van der Waals surface area (Å²) in [6.45, 7) is 3.11. The van der Waals surface area contributed by atoms with E-state index >= 15 is 0 Å². The van der Waals surface area contributed by atoms with Crippen LogP contribution in [0.15, 0.2) is 24.3 Å². The van der Waals surface area contributed by atoms with Gasteiger partial charge in [0.15, 0.2) is 0 Å². The first-order valence-corrected chi connectivity index (χ1v) is 6.02. The summed E-state index contributed by atoms with van der Waals surface area (Å²) in [6.07, 6.45) is 3.67. The predicted molar refractivity (Wildman–Crippen MR) is 65.6 cm³/mol. The maximum atomic E-state index is 5.77. The van der Waals surface area contributed by atoms with Gasteiger partial charge in [-0.05, 0) is 37.1 Å². The molecule has 0 amide bonds. The smallest absolute Gasteiger partial charge is 0.0879 e. The van der Waals surface area contributed by atoms with Crippen molar-refractivity contribution in [3.8, 4) is 0 Å². The minimum atomic E-state index is 0.166. The van der Waals surface area contributed by atoms with Gasteiger partial charge in [-0.25, -0.2) is 0 Å². The average molecular weight is 218 g/mol. The molecule has 0 unspecified atom stereocenters. The summed E-state index contributed by atoms with van der Waals surface area (Å²) in [7, 11) is 0. The van der Waals surface area contributed by atoms with E-state index in [1.807, 2.05) is 12.1 Å². The van der Waals surface area contributed by atoms with Crippen LogP contribution in [0.5, 0.6) is 0 Å². The van der Waals surface area contributed by atoms with Gasteiger partial charge in [-0.15, -0.1) is 0 Å². The van der Waals surface area contributed by atoms with Gasteiger partial charge in [0.2, 0.25) is 0 Å². The summed E-state index contributed by atoms with van der Waals surface area (Å²) in [5.74, 6) is 0. The van der Waals surface area contributed by atoms with E-state index in [1.165, 1.54) is 24.9 Å². The van der Waals surface area contributed by atoms with E-state index < -0.39 is 0 Å². The molecule has 86 valence electrons. The number of nitrogens with two attached hydrogens (primary N) is 1. The number of nitrogens with zero attached hydrogens (tertiary/aromatic N) is 1. The van der Waals surface area contributed by atoms with Gasteiger partial charge in [0.1, 0.15) is 0 Å². The largest absolute Gasteiger partial charge is 0.399 e. The molecule has 16 heavy (non-hydrogen) atoms. The second-order valence-electron chi connectivity index (χ2n) is 4.90. The molecule has 1 aromatic rings. The Balaban J connectivity index is 1.76. The lowest BCUT2D eigenvalue weighted by molar-refractivity contribution is -0.150. The summed E-state index contributed by atoms with van der Waals surface area (Å²) in [6, 6.07) is 8.15. The molecule has 0 bridgehead atoms. The fraction of sp³-hybridized carbons (Fsp3) is 0.538. The fourth-order valence-electron chi connectivity index (χ4n) is 2.72. The maximum Gasteiger partial charge on any atom is 0.0879 e. The molecule has 1 aromatic carbocycles. The van der Waals surface area contributed by atoms with Gasteiger partial charge >= 0.3 is 0 Å². The van der Waals surface area contributed by atoms with Gasteiger partial charge in [0.25, 0.3) is 0 Å². The Morgan fingerprint density at radius 3 is 2.56 bits per heavy atom. The van der Waals surface area contributed by atoms with E-state index in [0.717, 1.165) is 25.4 Å². The van der Waals surface area contributed by atoms with Crippen LogP contribution in [0.25, 0.3) is 0 Å². The lowest BCUT2D eigenvalue weighted by atomic mass is 9.85. The van der Waals surface area contributed by atoms with E-state index in [0.29, 0.717) is 0 Å². The van der Waals surface area contributed by atoms with Crippen molar-refractivity contribution in [2.45, 2.75) is 24.9 Å². The van der Waals surface area contributed by atoms with Crippen LogP contribution in [-0.4, -0.2) is 25.3 Å². The average Bonchev–Trinajstić information content (AvgIpc) is 2.28.